The number of aromatic nitrogens is 1. The highest BCUT2D eigenvalue weighted by Gasteiger charge is 2.28. The van der Waals surface area contributed by atoms with Gasteiger partial charge in [0.1, 0.15) is 17.2 Å². The molecule has 1 aliphatic rings. The van der Waals surface area contributed by atoms with E-state index >= 15 is 0 Å². The third-order valence-electron chi connectivity index (χ3n) is 2.94. The molecular formula is C12H15FN2O3. The van der Waals surface area contributed by atoms with Gasteiger partial charge >= 0.3 is 5.97 Å². The zero-order chi connectivity index (χ0) is 13.3. The minimum Gasteiger partial charge on any atom is -0.478 e. The van der Waals surface area contributed by atoms with Crippen molar-refractivity contribution in [3.05, 3.63) is 23.6 Å². The molecule has 1 aliphatic heterocycles. The van der Waals surface area contributed by atoms with Crippen molar-refractivity contribution in [2.75, 3.05) is 18.1 Å². The smallest absolute Gasteiger partial charge is 0.339 e. The Morgan fingerprint density at radius 3 is 3.00 bits per heavy atom. The topological polar surface area (TPSA) is 62.7 Å². The molecule has 0 aliphatic carbocycles. The summed E-state index contributed by atoms with van der Waals surface area (Å²) in [5, 5.41) is 9.11. The number of rotatable bonds is 2. The molecule has 18 heavy (non-hydrogen) atoms. The summed E-state index contributed by atoms with van der Waals surface area (Å²) >= 11 is 0. The number of nitrogens with zero attached hydrogens (tertiary/aromatic N) is 2. The van der Waals surface area contributed by atoms with Crippen molar-refractivity contribution in [3.63, 3.8) is 0 Å². The molecule has 0 bridgehead atoms. The van der Waals surface area contributed by atoms with E-state index in [0.29, 0.717) is 19.0 Å². The van der Waals surface area contributed by atoms with Gasteiger partial charge in [-0.1, -0.05) is 0 Å². The molecule has 1 aromatic rings. The summed E-state index contributed by atoms with van der Waals surface area (Å²) in [7, 11) is 0. The fraction of sp³-hybridized carbons (Fsp3) is 0.500. The second kappa shape index (κ2) is 4.89. The molecule has 0 saturated carbocycles. The van der Waals surface area contributed by atoms with E-state index in [1.807, 2.05) is 18.7 Å². The van der Waals surface area contributed by atoms with Crippen LogP contribution in [0.15, 0.2) is 12.3 Å². The number of aromatic carboxylic acids is 1. The van der Waals surface area contributed by atoms with Crippen LogP contribution in [-0.2, 0) is 4.74 Å². The number of ether oxygens (including phenoxy) is 1. The summed E-state index contributed by atoms with van der Waals surface area (Å²) in [6.45, 7) is 4.87. The quantitative estimate of drug-likeness (QED) is 0.867. The van der Waals surface area contributed by atoms with Crippen molar-refractivity contribution < 1.29 is 19.0 Å². The first kappa shape index (κ1) is 12.8. The Hall–Kier alpha value is -1.69. The summed E-state index contributed by atoms with van der Waals surface area (Å²) in [4.78, 5) is 16.9. The monoisotopic (exact) mass is 254 g/mol. The van der Waals surface area contributed by atoms with Crippen LogP contribution in [0.2, 0.25) is 0 Å². The summed E-state index contributed by atoms with van der Waals surface area (Å²) < 4.78 is 18.6. The SMILES string of the molecule is CC1CN(c2ncc(F)cc2C(=O)O)C(C)CO1. The Bertz CT molecular complexity index is 467. The fourth-order valence-corrected chi connectivity index (χ4v) is 2.02. The van der Waals surface area contributed by atoms with Crippen molar-refractivity contribution in [1.82, 2.24) is 4.98 Å². The number of hydrogen-bond donors (Lipinski definition) is 1. The van der Waals surface area contributed by atoms with Gasteiger partial charge in [0.05, 0.1) is 24.9 Å². The Balaban J connectivity index is 2.40. The number of anilines is 1. The maximum Gasteiger partial charge on any atom is 0.339 e. The van der Waals surface area contributed by atoms with E-state index in [4.69, 9.17) is 9.84 Å². The largest absolute Gasteiger partial charge is 0.478 e. The van der Waals surface area contributed by atoms with Gasteiger partial charge in [0.2, 0.25) is 0 Å². The minimum absolute atomic E-state index is 0.00491. The van der Waals surface area contributed by atoms with E-state index in [-0.39, 0.29) is 17.7 Å². The van der Waals surface area contributed by atoms with Gasteiger partial charge in [-0.25, -0.2) is 14.2 Å². The third kappa shape index (κ3) is 2.43. The van der Waals surface area contributed by atoms with E-state index in [2.05, 4.69) is 4.98 Å². The first-order valence-corrected chi connectivity index (χ1v) is 5.76. The predicted octanol–water partition coefficient (Wildman–Crippen LogP) is 1.53. The van der Waals surface area contributed by atoms with Crippen LogP contribution in [0.3, 0.4) is 0 Å². The van der Waals surface area contributed by atoms with Gasteiger partial charge < -0.3 is 14.7 Å². The fourth-order valence-electron chi connectivity index (χ4n) is 2.02. The number of carboxylic acid groups (broad SMARTS) is 1. The van der Waals surface area contributed by atoms with E-state index in [1.54, 1.807) is 0 Å². The van der Waals surface area contributed by atoms with Gasteiger partial charge in [0.15, 0.2) is 0 Å². The highest BCUT2D eigenvalue weighted by atomic mass is 19.1. The van der Waals surface area contributed by atoms with Crippen molar-refractivity contribution in [2.45, 2.75) is 26.0 Å². The van der Waals surface area contributed by atoms with E-state index in [9.17, 15) is 9.18 Å². The van der Waals surface area contributed by atoms with Gasteiger partial charge in [-0.05, 0) is 19.9 Å². The van der Waals surface area contributed by atoms with Crippen LogP contribution in [0.25, 0.3) is 0 Å². The minimum atomic E-state index is -1.18. The zero-order valence-corrected chi connectivity index (χ0v) is 10.3. The average molecular weight is 254 g/mol. The zero-order valence-electron chi connectivity index (χ0n) is 10.3. The summed E-state index contributed by atoms with van der Waals surface area (Å²) in [5.41, 5.74) is -0.115. The molecule has 1 saturated heterocycles. The Kier molecular flexibility index (Phi) is 3.47. The molecule has 6 heteroatoms. The lowest BCUT2D eigenvalue weighted by Crippen LogP contribution is -2.48. The standard InChI is InChI=1S/C12H15FN2O3/c1-7-6-18-8(2)5-15(7)11-10(12(16)17)3-9(13)4-14-11/h3-4,7-8H,5-6H2,1-2H3,(H,16,17). The molecule has 2 heterocycles. The van der Waals surface area contributed by atoms with Crippen LogP contribution in [0.4, 0.5) is 10.2 Å². The average Bonchev–Trinajstić information content (AvgIpc) is 2.32. The van der Waals surface area contributed by atoms with Crippen LogP contribution in [-0.4, -0.2) is 41.4 Å². The molecule has 0 aromatic carbocycles. The lowest BCUT2D eigenvalue weighted by Gasteiger charge is -2.38. The van der Waals surface area contributed by atoms with Crippen LogP contribution in [0.5, 0.6) is 0 Å². The maximum absolute atomic E-state index is 13.1. The third-order valence-corrected chi connectivity index (χ3v) is 2.94. The summed E-state index contributed by atoms with van der Waals surface area (Å²) in [6.07, 6.45) is 1.03. The number of halogens is 1. The van der Waals surface area contributed by atoms with Crippen molar-refractivity contribution in [3.8, 4) is 0 Å². The first-order valence-electron chi connectivity index (χ1n) is 5.76. The number of pyridine rings is 1. The number of hydrogen-bond acceptors (Lipinski definition) is 4. The molecule has 2 rings (SSSR count). The highest BCUT2D eigenvalue weighted by molar-refractivity contribution is 5.93. The lowest BCUT2D eigenvalue weighted by atomic mass is 10.1. The molecule has 1 aromatic heterocycles. The molecule has 1 fully saturated rings. The van der Waals surface area contributed by atoms with Crippen molar-refractivity contribution in [2.24, 2.45) is 0 Å². The molecule has 2 atom stereocenters. The molecular weight excluding hydrogens is 239 g/mol. The molecule has 2 unspecified atom stereocenters. The Labute approximate surface area is 104 Å². The summed E-state index contributed by atoms with van der Waals surface area (Å²) in [5.74, 6) is -1.53. The Morgan fingerprint density at radius 1 is 1.61 bits per heavy atom. The molecule has 0 spiro atoms. The van der Waals surface area contributed by atoms with Crippen LogP contribution < -0.4 is 4.90 Å². The van der Waals surface area contributed by atoms with Crippen molar-refractivity contribution >= 4 is 11.8 Å². The van der Waals surface area contributed by atoms with Gasteiger partial charge in [-0.15, -0.1) is 0 Å². The second-order valence-electron chi connectivity index (χ2n) is 4.48. The maximum atomic E-state index is 13.1. The normalized spacial score (nSPS) is 24.1. The first-order chi connectivity index (χ1) is 8.49. The predicted molar refractivity (Wildman–Crippen MR) is 63.4 cm³/mol. The molecule has 0 radical (unpaired) electrons. The van der Waals surface area contributed by atoms with E-state index in [1.165, 1.54) is 0 Å². The van der Waals surface area contributed by atoms with Crippen LogP contribution in [0.1, 0.15) is 24.2 Å². The molecule has 98 valence electrons. The van der Waals surface area contributed by atoms with E-state index in [0.717, 1.165) is 12.3 Å². The molecule has 1 N–H and O–H groups in total. The van der Waals surface area contributed by atoms with Crippen LogP contribution in [0, 0.1) is 5.82 Å². The lowest BCUT2D eigenvalue weighted by molar-refractivity contribution is 0.0338. The summed E-state index contributed by atoms with van der Waals surface area (Å²) in [6, 6.07) is 1.01. The highest BCUT2D eigenvalue weighted by Crippen LogP contribution is 2.24. The van der Waals surface area contributed by atoms with E-state index < -0.39 is 11.8 Å². The molecule has 5 nitrogen and oxygen atoms in total. The number of morpholine rings is 1. The number of carbonyl (C=O) groups is 1. The second-order valence-corrected chi connectivity index (χ2v) is 4.48. The van der Waals surface area contributed by atoms with Gasteiger partial charge in [-0.3, -0.25) is 0 Å². The Morgan fingerprint density at radius 2 is 2.33 bits per heavy atom. The molecule has 0 amide bonds. The van der Waals surface area contributed by atoms with Crippen LogP contribution >= 0.6 is 0 Å². The van der Waals surface area contributed by atoms with Gasteiger partial charge in [-0.2, -0.15) is 0 Å². The van der Waals surface area contributed by atoms with Gasteiger partial charge in [0, 0.05) is 6.54 Å². The number of carboxylic acids is 1. The van der Waals surface area contributed by atoms with Crippen molar-refractivity contribution in [1.29, 1.82) is 0 Å². The van der Waals surface area contributed by atoms with Gasteiger partial charge in [0.25, 0.3) is 0 Å².